The normalized spacial score (nSPS) is 21.1. The molecular formula is C22H35N3O3S. The first-order valence-corrected chi connectivity index (χ1v) is 12.2. The molecule has 1 saturated heterocycles. The van der Waals surface area contributed by atoms with E-state index in [4.69, 9.17) is 0 Å². The lowest BCUT2D eigenvalue weighted by Crippen LogP contribution is -2.56. The van der Waals surface area contributed by atoms with Gasteiger partial charge in [0.15, 0.2) is 0 Å². The van der Waals surface area contributed by atoms with Gasteiger partial charge in [0.1, 0.15) is 0 Å². The fourth-order valence-corrected chi connectivity index (χ4v) is 6.29. The van der Waals surface area contributed by atoms with Gasteiger partial charge >= 0.3 is 0 Å². The molecular weight excluding hydrogens is 386 g/mol. The van der Waals surface area contributed by atoms with E-state index in [1.165, 1.54) is 19.3 Å². The summed E-state index contributed by atoms with van der Waals surface area (Å²) in [5.41, 5.74) is 1.84. The van der Waals surface area contributed by atoms with Crippen LogP contribution in [0.5, 0.6) is 0 Å². The average molecular weight is 422 g/mol. The Morgan fingerprint density at radius 3 is 2.28 bits per heavy atom. The number of carbonyl (C=O) groups is 1. The van der Waals surface area contributed by atoms with Crippen molar-refractivity contribution in [3.05, 3.63) is 29.3 Å². The first-order chi connectivity index (χ1) is 13.7. The van der Waals surface area contributed by atoms with Gasteiger partial charge in [-0.25, -0.2) is 8.42 Å². The number of piperazine rings is 1. The van der Waals surface area contributed by atoms with E-state index in [1.807, 2.05) is 44.9 Å². The molecule has 0 unspecified atom stereocenters. The number of rotatable bonds is 5. The van der Waals surface area contributed by atoms with Crippen molar-refractivity contribution in [1.29, 1.82) is 0 Å². The Labute approximate surface area is 175 Å². The number of carbonyl (C=O) groups excluding carboxylic acids is 1. The minimum absolute atomic E-state index is 0.155. The summed E-state index contributed by atoms with van der Waals surface area (Å²) in [5, 5.41) is 0. The SMILES string of the molecule is Cc1ccc(S(=O)(=O)N2CCN([C@H](C)C(=O)N(C)C3CCCCC3)CC2)c(C)c1. The van der Waals surface area contributed by atoms with Crippen LogP contribution in [0.3, 0.4) is 0 Å². The van der Waals surface area contributed by atoms with Crippen LogP contribution in [-0.4, -0.2) is 73.7 Å². The summed E-state index contributed by atoms with van der Waals surface area (Å²) in [6.45, 7) is 7.75. The molecule has 29 heavy (non-hydrogen) atoms. The number of amides is 1. The molecule has 0 aromatic heterocycles. The van der Waals surface area contributed by atoms with E-state index >= 15 is 0 Å². The van der Waals surface area contributed by atoms with E-state index in [0.29, 0.717) is 37.1 Å². The molecule has 7 heteroatoms. The second kappa shape index (κ2) is 9.14. The van der Waals surface area contributed by atoms with Crippen molar-refractivity contribution >= 4 is 15.9 Å². The van der Waals surface area contributed by atoms with Crippen LogP contribution in [0.2, 0.25) is 0 Å². The van der Waals surface area contributed by atoms with Gasteiger partial charge in [0, 0.05) is 39.3 Å². The van der Waals surface area contributed by atoms with Crippen molar-refractivity contribution in [3.8, 4) is 0 Å². The van der Waals surface area contributed by atoms with Crippen LogP contribution in [0.15, 0.2) is 23.1 Å². The van der Waals surface area contributed by atoms with Gasteiger partial charge in [-0.3, -0.25) is 9.69 Å². The number of sulfonamides is 1. The third-order valence-electron chi connectivity index (χ3n) is 6.60. The second-order valence-corrected chi connectivity index (χ2v) is 10.5. The van der Waals surface area contributed by atoms with E-state index in [1.54, 1.807) is 10.4 Å². The monoisotopic (exact) mass is 421 g/mol. The number of nitrogens with zero attached hydrogens (tertiary/aromatic N) is 3. The molecule has 2 aliphatic rings. The molecule has 0 spiro atoms. The summed E-state index contributed by atoms with van der Waals surface area (Å²) in [4.78, 5) is 17.4. The molecule has 0 N–H and O–H groups in total. The Kier molecular flexibility index (Phi) is 7.02. The van der Waals surface area contributed by atoms with Gasteiger partial charge in [0.25, 0.3) is 0 Å². The first kappa shape index (κ1) is 22.2. The Hall–Kier alpha value is -1.44. The zero-order valence-corrected chi connectivity index (χ0v) is 19.0. The van der Waals surface area contributed by atoms with Crippen LogP contribution in [0, 0.1) is 13.8 Å². The van der Waals surface area contributed by atoms with Crippen molar-refractivity contribution in [2.45, 2.75) is 69.9 Å². The minimum atomic E-state index is -3.50. The molecule has 162 valence electrons. The fraction of sp³-hybridized carbons (Fsp3) is 0.682. The van der Waals surface area contributed by atoms with Crippen LogP contribution >= 0.6 is 0 Å². The largest absolute Gasteiger partial charge is 0.341 e. The van der Waals surface area contributed by atoms with E-state index in [0.717, 1.165) is 24.0 Å². The number of hydrogen-bond donors (Lipinski definition) is 0. The Morgan fingerprint density at radius 1 is 1.07 bits per heavy atom. The molecule has 1 aromatic rings. The number of aryl methyl sites for hydroxylation is 2. The van der Waals surface area contributed by atoms with Crippen molar-refractivity contribution in [2.75, 3.05) is 33.2 Å². The highest BCUT2D eigenvalue weighted by Crippen LogP contribution is 2.24. The van der Waals surface area contributed by atoms with Crippen molar-refractivity contribution in [3.63, 3.8) is 0 Å². The zero-order chi connectivity index (χ0) is 21.2. The molecule has 1 atom stereocenters. The quantitative estimate of drug-likeness (QED) is 0.734. The van der Waals surface area contributed by atoms with Gasteiger partial charge in [-0.15, -0.1) is 0 Å². The molecule has 1 heterocycles. The lowest BCUT2D eigenvalue weighted by atomic mass is 9.94. The second-order valence-electron chi connectivity index (χ2n) is 8.63. The summed E-state index contributed by atoms with van der Waals surface area (Å²) in [5.74, 6) is 0.155. The van der Waals surface area contributed by atoms with Crippen LogP contribution in [0.25, 0.3) is 0 Å². The maximum Gasteiger partial charge on any atom is 0.243 e. The maximum absolute atomic E-state index is 13.1. The predicted molar refractivity (Wildman–Crippen MR) is 115 cm³/mol. The van der Waals surface area contributed by atoms with Crippen LogP contribution in [0.1, 0.15) is 50.2 Å². The highest BCUT2D eigenvalue weighted by atomic mass is 32.2. The lowest BCUT2D eigenvalue weighted by molar-refractivity contribution is -0.138. The van der Waals surface area contributed by atoms with Crippen molar-refractivity contribution in [1.82, 2.24) is 14.1 Å². The van der Waals surface area contributed by atoms with E-state index in [9.17, 15) is 13.2 Å². The molecule has 2 fully saturated rings. The van der Waals surface area contributed by atoms with Gasteiger partial charge in [0.2, 0.25) is 15.9 Å². The summed E-state index contributed by atoms with van der Waals surface area (Å²) >= 11 is 0. The Morgan fingerprint density at radius 2 is 1.69 bits per heavy atom. The Balaban J connectivity index is 1.61. The van der Waals surface area contributed by atoms with Crippen LogP contribution in [0.4, 0.5) is 0 Å². The van der Waals surface area contributed by atoms with E-state index in [2.05, 4.69) is 4.90 Å². The maximum atomic E-state index is 13.1. The van der Waals surface area contributed by atoms with Crippen LogP contribution < -0.4 is 0 Å². The standard InChI is InChI=1S/C22H35N3O3S/c1-17-10-11-21(18(2)16-17)29(27,28)25-14-12-24(13-15-25)19(3)22(26)23(4)20-8-6-5-7-9-20/h10-11,16,19-20H,5-9,12-15H2,1-4H3/t19-/m1/s1. The van der Waals surface area contributed by atoms with Gasteiger partial charge in [-0.1, -0.05) is 37.0 Å². The van der Waals surface area contributed by atoms with E-state index < -0.39 is 10.0 Å². The molecule has 6 nitrogen and oxygen atoms in total. The number of benzene rings is 1. The molecule has 1 aliphatic heterocycles. The highest BCUT2D eigenvalue weighted by Gasteiger charge is 2.34. The summed E-state index contributed by atoms with van der Waals surface area (Å²) in [7, 11) is -1.57. The molecule has 1 saturated carbocycles. The van der Waals surface area contributed by atoms with Crippen molar-refractivity contribution < 1.29 is 13.2 Å². The van der Waals surface area contributed by atoms with Gasteiger partial charge in [-0.05, 0) is 45.2 Å². The molecule has 0 radical (unpaired) electrons. The molecule has 3 rings (SSSR count). The fourth-order valence-electron chi connectivity index (χ4n) is 4.66. The lowest BCUT2D eigenvalue weighted by Gasteiger charge is -2.40. The molecule has 1 amide bonds. The third kappa shape index (κ3) is 4.84. The molecule has 1 aromatic carbocycles. The average Bonchev–Trinajstić information content (AvgIpc) is 2.72. The first-order valence-electron chi connectivity index (χ1n) is 10.8. The summed E-state index contributed by atoms with van der Waals surface area (Å²) in [6, 6.07) is 5.60. The Bertz CT molecular complexity index is 826. The summed E-state index contributed by atoms with van der Waals surface area (Å²) in [6.07, 6.45) is 5.86. The van der Waals surface area contributed by atoms with Gasteiger partial charge in [-0.2, -0.15) is 4.31 Å². The van der Waals surface area contributed by atoms with Gasteiger partial charge in [0.05, 0.1) is 10.9 Å². The number of hydrogen-bond acceptors (Lipinski definition) is 4. The van der Waals surface area contributed by atoms with Crippen molar-refractivity contribution in [2.24, 2.45) is 0 Å². The van der Waals surface area contributed by atoms with Gasteiger partial charge < -0.3 is 4.90 Å². The third-order valence-corrected chi connectivity index (χ3v) is 8.66. The highest BCUT2D eigenvalue weighted by molar-refractivity contribution is 7.89. The molecule has 0 bridgehead atoms. The number of likely N-dealkylation sites (N-methyl/N-ethyl adjacent to an activating group) is 1. The molecule has 1 aliphatic carbocycles. The smallest absolute Gasteiger partial charge is 0.243 e. The zero-order valence-electron chi connectivity index (χ0n) is 18.2. The predicted octanol–water partition coefficient (Wildman–Crippen LogP) is 2.79. The van der Waals surface area contributed by atoms with E-state index in [-0.39, 0.29) is 11.9 Å². The van der Waals surface area contributed by atoms with Crippen LogP contribution in [-0.2, 0) is 14.8 Å². The summed E-state index contributed by atoms with van der Waals surface area (Å²) < 4.78 is 27.7. The minimum Gasteiger partial charge on any atom is -0.341 e. The topological polar surface area (TPSA) is 60.9 Å².